The summed E-state index contributed by atoms with van der Waals surface area (Å²) in [5.74, 6) is 1.09. The molecule has 0 saturated carbocycles. The number of benzene rings is 1. The molecule has 6 rings (SSSR count). The van der Waals surface area contributed by atoms with E-state index in [0.717, 1.165) is 51.2 Å². The van der Waals surface area contributed by atoms with Crippen molar-refractivity contribution in [3.63, 3.8) is 0 Å². The molecule has 164 valence electrons. The van der Waals surface area contributed by atoms with Crippen molar-refractivity contribution >= 4 is 60.7 Å². The summed E-state index contributed by atoms with van der Waals surface area (Å²) in [5, 5.41) is 18.7. The van der Waals surface area contributed by atoms with E-state index < -0.39 is 6.10 Å². The summed E-state index contributed by atoms with van der Waals surface area (Å²) in [6, 6.07) is 5.97. The zero-order valence-electron chi connectivity index (χ0n) is 17.5. The van der Waals surface area contributed by atoms with Gasteiger partial charge in [-0.25, -0.2) is 9.97 Å². The van der Waals surface area contributed by atoms with Gasteiger partial charge in [-0.3, -0.25) is 4.79 Å². The second-order valence-electron chi connectivity index (χ2n) is 8.71. The van der Waals surface area contributed by atoms with Crippen molar-refractivity contribution in [1.29, 1.82) is 0 Å². The third-order valence-corrected chi connectivity index (χ3v) is 8.44. The molecule has 2 N–H and O–H groups in total. The molecule has 10 heteroatoms. The Morgan fingerprint density at radius 1 is 1.28 bits per heavy atom. The molecule has 1 aliphatic carbocycles. The van der Waals surface area contributed by atoms with Crippen LogP contribution in [0.1, 0.15) is 23.8 Å². The van der Waals surface area contributed by atoms with Crippen molar-refractivity contribution in [1.82, 2.24) is 24.5 Å². The zero-order chi connectivity index (χ0) is 21.8. The van der Waals surface area contributed by atoms with E-state index in [1.54, 1.807) is 17.7 Å². The smallest absolute Gasteiger partial charge is 0.226 e. The lowest BCUT2D eigenvalue weighted by Crippen LogP contribution is -2.37. The van der Waals surface area contributed by atoms with Gasteiger partial charge in [-0.2, -0.15) is 0 Å². The molecule has 32 heavy (non-hydrogen) atoms. The molecule has 4 heterocycles. The molecule has 1 saturated heterocycles. The Labute approximate surface area is 192 Å². The number of carbonyl (C=O) groups excluding carboxylic acids is 1. The molecule has 0 bridgehead atoms. The van der Waals surface area contributed by atoms with Crippen molar-refractivity contribution in [2.45, 2.75) is 32.3 Å². The van der Waals surface area contributed by atoms with Crippen LogP contribution in [0.5, 0.6) is 0 Å². The van der Waals surface area contributed by atoms with Crippen molar-refractivity contribution in [3.8, 4) is 0 Å². The number of aryl methyl sites for hydroxylation is 1. The fourth-order valence-electron chi connectivity index (χ4n) is 4.80. The van der Waals surface area contributed by atoms with Gasteiger partial charge in [0.15, 0.2) is 0 Å². The molecule has 3 atom stereocenters. The second-order valence-corrected chi connectivity index (χ2v) is 10.6. The number of rotatable bonds is 3. The highest BCUT2D eigenvalue weighted by Gasteiger charge is 2.36. The molecule has 1 aromatic carbocycles. The SMILES string of the molecule is C[C@@H]1CN(C(=O)[C@H]2CCc3c(sc4ncnc(Nc5ccc6nnsc6c5)c34)C2)C[C@H]1O. The van der Waals surface area contributed by atoms with Gasteiger partial charge in [-0.1, -0.05) is 11.4 Å². The fraction of sp³-hybridized carbons (Fsp3) is 0.409. The summed E-state index contributed by atoms with van der Waals surface area (Å²) >= 11 is 3.03. The summed E-state index contributed by atoms with van der Waals surface area (Å²) in [6.45, 7) is 3.10. The van der Waals surface area contributed by atoms with Crippen molar-refractivity contribution in [2.75, 3.05) is 18.4 Å². The molecule has 0 unspecified atom stereocenters. The minimum absolute atomic E-state index is 0.0290. The summed E-state index contributed by atoms with van der Waals surface area (Å²) in [7, 11) is 0. The number of β-amino-alcohol motifs (C(OH)–C–C–N with tert-alkyl or cyclic N) is 1. The first kappa shape index (κ1) is 20.0. The molecule has 4 aromatic rings. The van der Waals surface area contributed by atoms with E-state index in [4.69, 9.17) is 0 Å². The Bertz CT molecular complexity index is 1320. The van der Waals surface area contributed by atoms with Crippen LogP contribution >= 0.6 is 22.9 Å². The van der Waals surface area contributed by atoms with Gasteiger partial charge in [0.25, 0.3) is 0 Å². The van der Waals surface area contributed by atoms with Crippen LogP contribution in [0.15, 0.2) is 24.5 Å². The average Bonchev–Trinajstić information content (AvgIpc) is 3.49. The molecule has 0 radical (unpaired) electrons. The van der Waals surface area contributed by atoms with Gasteiger partial charge in [0.05, 0.1) is 16.2 Å². The van der Waals surface area contributed by atoms with Gasteiger partial charge in [0, 0.05) is 35.5 Å². The maximum atomic E-state index is 13.1. The van der Waals surface area contributed by atoms with Crippen LogP contribution in [-0.2, 0) is 17.6 Å². The molecule has 1 amide bonds. The molecular weight excluding hydrogens is 444 g/mol. The zero-order valence-corrected chi connectivity index (χ0v) is 19.1. The van der Waals surface area contributed by atoms with Crippen LogP contribution in [0.2, 0.25) is 0 Å². The third kappa shape index (κ3) is 3.33. The number of likely N-dealkylation sites (tertiary alicyclic amines) is 1. The number of thiophene rings is 1. The second kappa shape index (κ2) is 7.72. The minimum Gasteiger partial charge on any atom is -0.391 e. The minimum atomic E-state index is -0.411. The standard InChI is InChI=1S/C22H22N6O2S2/c1-11-8-28(9-16(11)29)22(30)12-2-4-14-17(6-12)31-21-19(14)20(23-10-24-21)25-13-3-5-15-18(7-13)32-27-26-15/h3,5,7,10-12,16,29H,2,4,6,8-9H2,1H3,(H,23,24,25)/t11-,12+,16-/m1/s1. The van der Waals surface area contributed by atoms with Gasteiger partial charge >= 0.3 is 0 Å². The first-order chi connectivity index (χ1) is 15.6. The number of aliphatic hydroxyl groups is 1. The molecule has 2 aliphatic rings. The summed E-state index contributed by atoms with van der Waals surface area (Å²) in [4.78, 5) is 26.2. The number of nitrogens with zero attached hydrogens (tertiary/aromatic N) is 5. The Balaban J connectivity index is 1.28. The van der Waals surface area contributed by atoms with Gasteiger partial charge in [-0.05, 0) is 54.6 Å². The molecule has 0 spiro atoms. The lowest BCUT2D eigenvalue weighted by molar-refractivity contribution is -0.135. The highest BCUT2D eigenvalue weighted by Crippen LogP contribution is 2.41. The topological polar surface area (TPSA) is 104 Å². The van der Waals surface area contributed by atoms with E-state index in [2.05, 4.69) is 24.9 Å². The summed E-state index contributed by atoms with van der Waals surface area (Å²) < 4.78 is 5.03. The largest absolute Gasteiger partial charge is 0.391 e. The number of fused-ring (bicyclic) bond motifs is 4. The quantitative estimate of drug-likeness (QED) is 0.477. The van der Waals surface area contributed by atoms with E-state index in [1.807, 2.05) is 30.0 Å². The van der Waals surface area contributed by atoms with E-state index >= 15 is 0 Å². The van der Waals surface area contributed by atoms with E-state index in [-0.39, 0.29) is 17.7 Å². The van der Waals surface area contributed by atoms with Gasteiger partial charge in [-0.15, -0.1) is 16.4 Å². The van der Waals surface area contributed by atoms with Gasteiger partial charge < -0.3 is 15.3 Å². The Hall–Kier alpha value is -2.69. The monoisotopic (exact) mass is 466 g/mol. The van der Waals surface area contributed by atoms with Crippen LogP contribution in [0.4, 0.5) is 11.5 Å². The van der Waals surface area contributed by atoms with E-state index in [9.17, 15) is 9.90 Å². The number of hydrogen-bond donors (Lipinski definition) is 2. The number of carbonyl (C=O) groups is 1. The Morgan fingerprint density at radius 3 is 3.03 bits per heavy atom. The van der Waals surface area contributed by atoms with Gasteiger partial charge in [0.2, 0.25) is 5.91 Å². The maximum absolute atomic E-state index is 13.1. The first-order valence-electron chi connectivity index (χ1n) is 10.8. The van der Waals surface area contributed by atoms with Crippen LogP contribution in [-0.4, -0.2) is 54.7 Å². The number of aromatic nitrogens is 4. The summed E-state index contributed by atoms with van der Waals surface area (Å²) in [5.41, 5.74) is 3.08. The number of aliphatic hydroxyl groups excluding tert-OH is 1. The lowest BCUT2D eigenvalue weighted by atomic mass is 9.87. The molecule has 1 aliphatic heterocycles. The highest BCUT2D eigenvalue weighted by atomic mass is 32.1. The normalized spacial score (nSPS) is 23.1. The first-order valence-corrected chi connectivity index (χ1v) is 12.4. The van der Waals surface area contributed by atoms with Gasteiger partial charge in [0.1, 0.15) is 22.5 Å². The molecular formula is C22H22N6O2S2. The Morgan fingerprint density at radius 2 is 2.19 bits per heavy atom. The number of nitrogens with one attached hydrogen (secondary N) is 1. The molecule has 3 aromatic heterocycles. The predicted octanol–water partition coefficient (Wildman–Crippen LogP) is 3.38. The highest BCUT2D eigenvalue weighted by molar-refractivity contribution is 7.19. The van der Waals surface area contributed by atoms with Crippen LogP contribution < -0.4 is 5.32 Å². The number of amides is 1. The van der Waals surface area contributed by atoms with Crippen LogP contribution in [0.25, 0.3) is 20.4 Å². The van der Waals surface area contributed by atoms with E-state index in [0.29, 0.717) is 13.1 Å². The number of hydrogen-bond acceptors (Lipinski definition) is 9. The Kier molecular flexibility index (Phi) is 4.81. The third-order valence-electron chi connectivity index (χ3n) is 6.59. The number of anilines is 2. The molecule has 1 fully saturated rings. The lowest BCUT2D eigenvalue weighted by Gasteiger charge is -2.26. The summed E-state index contributed by atoms with van der Waals surface area (Å²) in [6.07, 6.45) is 3.55. The van der Waals surface area contributed by atoms with Crippen molar-refractivity contribution in [2.24, 2.45) is 11.8 Å². The average molecular weight is 467 g/mol. The predicted molar refractivity (Wildman–Crippen MR) is 125 cm³/mol. The van der Waals surface area contributed by atoms with Crippen LogP contribution in [0.3, 0.4) is 0 Å². The van der Waals surface area contributed by atoms with Crippen molar-refractivity contribution in [3.05, 3.63) is 35.0 Å². The fourth-order valence-corrected chi connectivity index (χ4v) is 6.66. The maximum Gasteiger partial charge on any atom is 0.226 e. The molecule has 8 nitrogen and oxygen atoms in total. The van der Waals surface area contributed by atoms with Crippen LogP contribution in [0, 0.1) is 11.8 Å². The van der Waals surface area contributed by atoms with E-state index in [1.165, 1.54) is 22.0 Å². The van der Waals surface area contributed by atoms with Crippen molar-refractivity contribution < 1.29 is 9.90 Å².